The molecule has 0 aliphatic rings. The third kappa shape index (κ3) is 4.34. The van der Waals surface area contributed by atoms with Gasteiger partial charge in [0.1, 0.15) is 11.5 Å². The summed E-state index contributed by atoms with van der Waals surface area (Å²) in [7, 11) is 3.29. The SMILES string of the molecule is COc1ccc(-c2csc(CN=C(N)Nc3ccccc3OC)c2)cc1. The van der Waals surface area contributed by atoms with Crippen LogP contribution in [-0.4, -0.2) is 20.2 Å². The smallest absolute Gasteiger partial charge is 0.193 e. The minimum Gasteiger partial charge on any atom is -0.497 e. The number of guanidine groups is 1. The summed E-state index contributed by atoms with van der Waals surface area (Å²) in [5.74, 6) is 1.93. The Morgan fingerprint density at radius 3 is 2.54 bits per heavy atom. The largest absolute Gasteiger partial charge is 0.497 e. The highest BCUT2D eigenvalue weighted by molar-refractivity contribution is 7.10. The van der Waals surface area contributed by atoms with Crippen LogP contribution in [0.2, 0.25) is 0 Å². The Morgan fingerprint density at radius 2 is 1.81 bits per heavy atom. The van der Waals surface area contributed by atoms with Crippen molar-refractivity contribution in [3.05, 3.63) is 64.9 Å². The standard InChI is InChI=1S/C20H21N3O2S/c1-24-16-9-7-14(8-10-16)15-11-17(26-13-15)12-22-20(21)23-18-5-3-4-6-19(18)25-2/h3-11,13H,12H2,1-2H3,(H3,21,22,23). The fourth-order valence-electron chi connectivity index (χ4n) is 2.49. The lowest BCUT2D eigenvalue weighted by atomic mass is 10.1. The summed E-state index contributed by atoms with van der Waals surface area (Å²) in [6.45, 7) is 0.523. The molecule has 6 heteroatoms. The molecule has 0 saturated carbocycles. The van der Waals surface area contributed by atoms with Crippen LogP contribution in [0.1, 0.15) is 4.88 Å². The summed E-state index contributed by atoms with van der Waals surface area (Å²) in [5, 5.41) is 5.20. The molecule has 3 rings (SSSR count). The fraction of sp³-hybridized carbons (Fsp3) is 0.150. The van der Waals surface area contributed by atoms with Gasteiger partial charge in [-0.1, -0.05) is 24.3 Å². The third-order valence-electron chi connectivity index (χ3n) is 3.85. The molecule has 0 spiro atoms. The molecule has 3 N–H and O–H groups in total. The van der Waals surface area contributed by atoms with Gasteiger partial charge in [0.25, 0.3) is 0 Å². The third-order valence-corrected chi connectivity index (χ3v) is 4.77. The molecule has 5 nitrogen and oxygen atoms in total. The van der Waals surface area contributed by atoms with Gasteiger partial charge >= 0.3 is 0 Å². The Balaban J connectivity index is 1.65. The van der Waals surface area contributed by atoms with Crippen molar-refractivity contribution in [3.63, 3.8) is 0 Å². The average Bonchev–Trinajstić information content (AvgIpc) is 3.16. The van der Waals surface area contributed by atoms with Gasteiger partial charge < -0.3 is 20.5 Å². The van der Waals surface area contributed by atoms with Crippen LogP contribution in [0.5, 0.6) is 11.5 Å². The minimum absolute atomic E-state index is 0.355. The van der Waals surface area contributed by atoms with E-state index in [1.807, 2.05) is 48.5 Å². The number of hydrogen-bond acceptors (Lipinski definition) is 4. The molecule has 0 amide bonds. The molecule has 26 heavy (non-hydrogen) atoms. The summed E-state index contributed by atoms with van der Waals surface area (Å²) in [5.41, 5.74) is 9.11. The molecule has 3 aromatic rings. The minimum atomic E-state index is 0.355. The van der Waals surface area contributed by atoms with E-state index in [4.69, 9.17) is 15.2 Å². The number of anilines is 1. The summed E-state index contributed by atoms with van der Waals surface area (Å²) >= 11 is 1.66. The van der Waals surface area contributed by atoms with E-state index in [0.29, 0.717) is 12.5 Å². The molecule has 0 unspecified atom stereocenters. The van der Waals surface area contributed by atoms with E-state index in [0.717, 1.165) is 27.6 Å². The number of benzene rings is 2. The van der Waals surface area contributed by atoms with Crippen molar-refractivity contribution in [3.8, 4) is 22.6 Å². The first-order valence-corrected chi connectivity index (χ1v) is 8.99. The number of nitrogens with two attached hydrogens (primary N) is 1. The van der Waals surface area contributed by atoms with Crippen LogP contribution in [-0.2, 0) is 6.54 Å². The molecule has 0 atom stereocenters. The first kappa shape index (κ1) is 17.8. The van der Waals surface area contributed by atoms with Crippen LogP contribution in [0.25, 0.3) is 11.1 Å². The maximum atomic E-state index is 6.00. The second-order valence-corrected chi connectivity index (χ2v) is 6.55. The zero-order chi connectivity index (χ0) is 18.4. The Hall–Kier alpha value is -2.99. The van der Waals surface area contributed by atoms with Crippen molar-refractivity contribution in [2.75, 3.05) is 19.5 Å². The number of hydrogen-bond donors (Lipinski definition) is 2. The Labute approximate surface area is 157 Å². The van der Waals surface area contributed by atoms with Crippen molar-refractivity contribution >= 4 is 23.0 Å². The van der Waals surface area contributed by atoms with Gasteiger partial charge in [-0.3, -0.25) is 0 Å². The molecule has 0 radical (unpaired) electrons. The van der Waals surface area contributed by atoms with Gasteiger partial charge in [-0.05, 0) is 46.8 Å². The molecule has 1 heterocycles. The number of rotatable bonds is 6. The van der Waals surface area contributed by atoms with Crippen molar-refractivity contribution in [2.24, 2.45) is 10.7 Å². The number of ether oxygens (including phenoxy) is 2. The monoisotopic (exact) mass is 367 g/mol. The van der Waals surface area contributed by atoms with Gasteiger partial charge in [0.15, 0.2) is 5.96 Å². The summed E-state index contributed by atoms with van der Waals surface area (Å²) in [6, 6.07) is 17.7. The van der Waals surface area contributed by atoms with Crippen LogP contribution < -0.4 is 20.5 Å². The lowest BCUT2D eigenvalue weighted by Crippen LogP contribution is -2.22. The highest BCUT2D eigenvalue weighted by Crippen LogP contribution is 2.28. The van der Waals surface area contributed by atoms with E-state index in [9.17, 15) is 0 Å². The van der Waals surface area contributed by atoms with Gasteiger partial charge in [-0.15, -0.1) is 11.3 Å². The Kier molecular flexibility index (Phi) is 5.76. The average molecular weight is 367 g/mol. The topological polar surface area (TPSA) is 68.9 Å². The summed E-state index contributed by atoms with van der Waals surface area (Å²) < 4.78 is 10.5. The van der Waals surface area contributed by atoms with Gasteiger partial charge in [-0.2, -0.15) is 0 Å². The van der Waals surface area contributed by atoms with Crippen LogP contribution in [0.4, 0.5) is 5.69 Å². The Morgan fingerprint density at radius 1 is 1.04 bits per heavy atom. The van der Waals surface area contributed by atoms with Crippen LogP contribution in [0.15, 0.2) is 65.0 Å². The highest BCUT2D eigenvalue weighted by atomic mass is 32.1. The van der Waals surface area contributed by atoms with E-state index in [-0.39, 0.29) is 0 Å². The first-order valence-electron chi connectivity index (χ1n) is 8.11. The van der Waals surface area contributed by atoms with E-state index < -0.39 is 0 Å². The number of nitrogens with zero attached hydrogens (tertiary/aromatic N) is 1. The molecule has 2 aromatic carbocycles. The summed E-state index contributed by atoms with van der Waals surface area (Å²) in [4.78, 5) is 5.56. The first-order chi connectivity index (χ1) is 12.7. The maximum absolute atomic E-state index is 6.00. The number of aliphatic imine (C=N–C) groups is 1. The van der Waals surface area contributed by atoms with Crippen LogP contribution in [0.3, 0.4) is 0 Å². The molecule has 134 valence electrons. The second-order valence-electron chi connectivity index (χ2n) is 5.56. The highest BCUT2D eigenvalue weighted by Gasteiger charge is 2.05. The predicted octanol–water partition coefficient (Wildman–Crippen LogP) is 4.36. The van der Waals surface area contributed by atoms with Crippen LogP contribution >= 0.6 is 11.3 Å². The number of nitrogens with one attached hydrogen (secondary N) is 1. The van der Waals surface area contributed by atoms with Crippen molar-refractivity contribution in [2.45, 2.75) is 6.54 Å². The predicted molar refractivity (Wildman–Crippen MR) is 108 cm³/mol. The maximum Gasteiger partial charge on any atom is 0.193 e. The second kappa shape index (κ2) is 8.40. The molecular formula is C20H21N3O2S. The molecule has 0 aliphatic carbocycles. The number of methoxy groups -OCH3 is 2. The van der Waals surface area contributed by atoms with Crippen molar-refractivity contribution in [1.82, 2.24) is 0 Å². The summed E-state index contributed by atoms with van der Waals surface area (Å²) in [6.07, 6.45) is 0. The number of thiophene rings is 1. The zero-order valence-corrected chi connectivity index (χ0v) is 15.5. The van der Waals surface area contributed by atoms with Gasteiger partial charge in [-0.25, -0.2) is 4.99 Å². The van der Waals surface area contributed by atoms with E-state index in [2.05, 4.69) is 21.8 Å². The van der Waals surface area contributed by atoms with Gasteiger partial charge in [0.05, 0.1) is 26.5 Å². The lowest BCUT2D eigenvalue weighted by molar-refractivity contribution is 0.415. The Bertz CT molecular complexity index is 888. The molecular weight excluding hydrogens is 346 g/mol. The molecule has 0 aliphatic heterocycles. The zero-order valence-electron chi connectivity index (χ0n) is 14.7. The molecule has 0 bridgehead atoms. The van der Waals surface area contributed by atoms with E-state index in [1.54, 1.807) is 25.6 Å². The van der Waals surface area contributed by atoms with Crippen molar-refractivity contribution < 1.29 is 9.47 Å². The number of para-hydroxylation sites is 2. The lowest BCUT2D eigenvalue weighted by Gasteiger charge is -2.09. The quantitative estimate of drug-likeness (QED) is 0.502. The molecule has 1 aromatic heterocycles. The van der Waals surface area contributed by atoms with E-state index >= 15 is 0 Å². The van der Waals surface area contributed by atoms with Gasteiger partial charge in [0, 0.05) is 4.88 Å². The van der Waals surface area contributed by atoms with Gasteiger partial charge in [0.2, 0.25) is 0 Å². The van der Waals surface area contributed by atoms with E-state index in [1.165, 1.54) is 5.56 Å². The van der Waals surface area contributed by atoms with Crippen molar-refractivity contribution in [1.29, 1.82) is 0 Å². The fourth-order valence-corrected chi connectivity index (χ4v) is 3.30. The normalized spacial score (nSPS) is 11.2. The molecule has 0 fully saturated rings. The molecule has 0 saturated heterocycles. The van der Waals surface area contributed by atoms with Crippen LogP contribution in [0, 0.1) is 0 Å².